The van der Waals surface area contributed by atoms with E-state index in [2.05, 4.69) is 17.4 Å². The van der Waals surface area contributed by atoms with Gasteiger partial charge in [0, 0.05) is 0 Å². The van der Waals surface area contributed by atoms with Gasteiger partial charge in [-0.25, -0.2) is 0 Å². The lowest BCUT2D eigenvalue weighted by atomic mass is 10.3. The number of ether oxygens (including phenoxy) is 1. The number of carboxylic acids is 1. The summed E-state index contributed by atoms with van der Waals surface area (Å²) < 4.78 is 4.22. The molecule has 10 heavy (non-hydrogen) atoms. The van der Waals surface area contributed by atoms with Gasteiger partial charge in [0.05, 0.1) is 13.5 Å². The second-order valence-electron chi connectivity index (χ2n) is 1.63. The highest BCUT2D eigenvalue weighted by atomic mass is 32.1. The first-order valence-corrected chi connectivity index (χ1v) is 3.07. The van der Waals surface area contributed by atoms with Gasteiger partial charge in [0.2, 0.25) is 0 Å². The van der Waals surface area contributed by atoms with E-state index in [0.717, 1.165) is 0 Å². The molecule has 0 amide bonds. The van der Waals surface area contributed by atoms with Crippen molar-refractivity contribution in [3.8, 4) is 0 Å². The van der Waals surface area contributed by atoms with Crippen molar-refractivity contribution < 1.29 is 19.4 Å². The molecule has 0 aliphatic heterocycles. The van der Waals surface area contributed by atoms with Gasteiger partial charge >= 0.3 is 11.9 Å². The summed E-state index contributed by atoms with van der Waals surface area (Å²) in [7, 11) is 1.20. The van der Waals surface area contributed by atoms with Gasteiger partial charge < -0.3 is 9.84 Å². The van der Waals surface area contributed by atoms with Gasteiger partial charge in [-0.05, 0) is 0 Å². The molecule has 0 heterocycles. The standard InChI is InChI=1S/C5H8O4S/c1-9-4(6)2-3(10)5(7)8/h3,10H,2H2,1H3,(H,7,8). The molecular weight excluding hydrogens is 156 g/mol. The van der Waals surface area contributed by atoms with E-state index in [1.807, 2.05) is 0 Å². The first-order valence-electron chi connectivity index (χ1n) is 2.55. The van der Waals surface area contributed by atoms with E-state index in [1.165, 1.54) is 7.11 Å². The minimum Gasteiger partial charge on any atom is -0.480 e. The molecule has 58 valence electrons. The average Bonchev–Trinajstić information content (AvgIpc) is 1.87. The third kappa shape index (κ3) is 3.34. The number of thiol groups is 1. The molecule has 1 N–H and O–H groups in total. The van der Waals surface area contributed by atoms with E-state index in [0.29, 0.717) is 0 Å². The van der Waals surface area contributed by atoms with Crippen molar-refractivity contribution >= 4 is 24.6 Å². The van der Waals surface area contributed by atoms with Crippen molar-refractivity contribution in [1.82, 2.24) is 0 Å². The van der Waals surface area contributed by atoms with Crippen LogP contribution < -0.4 is 0 Å². The van der Waals surface area contributed by atoms with E-state index >= 15 is 0 Å². The maximum atomic E-state index is 10.4. The summed E-state index contributed by atoms with van der Waals surface area (Å²) in [4.78, 5) is 20.5. The Morgan fingerprint density at radius 2 is 2.20 bits per heavy atom. The maximum Gasteiger partial charge on any atom is 0.316 e. The molecule has 0 spiro atoms. The van der Waals surface area contributed by atoms with E-state index in [4.69, 9.17) is 5.11 Å². The zero-order valence-corrected chi connectivity index (χ0v) is 6.30. The Morgan fingerprint density at radius 3 is 2.50 bits per heavy atom. The summed E-state index contributed by atoms with van der Waals surface area (Å²) in [6, 6.07) is 0. The molecular formula is C5H8O4S. The Labute approximate surface area is 63.6 Å². The number of esters is 1. The number of carboxylic acid groups (broad SMARTS) is 1. The summed E-state index contributed by atoms with van der Waals surface area (Å²) >= 11 is 3.62. The summed E-state index contributed by atoms with van der Waals surface area (Å²) in [5.41, 5.74) is 0. The highest BCUT2D eigenvalue weighted by molar-refractivity contribution is 7.81. The zero-order chi connectivity index (χ0) is 8.15. The first-order chi connectivity index (χ1) is 4.57. The fraction of sp³-hybridized carbons (Fsp3) is 0.600. The van der Waals surface area contributed by atoms with E-state index in [1.54, 1.807) is 0 Å². The fourth-order valence-corrected chi connectivity index (χ4v) is 0.478. The van der Waals surface area contributed by atoms with Crippen LogP contribution in [0.1, 0.15) is 6.42 Å². The van der Waals surface area contributed by atoms with Crippen LogP contribution in [0.4, 0.5) is 0 Å². The molecule has 0 rings (SSSR count). The number of rotatable bonds is 3. The predicted octanol–water partition coefficient (Wildman–Crippen LogP) is -0.0675. The molecule has 0 aliphatic carbocycles. The summed E-state index contributed by atoms with van der Waals surface area (Å²) in [5.74, 6) is -1.68. The third-order valence-electron chi connectivity index (χ3n) is 0.873. The van der Waals surface area contributed by atoms with Crippen LogP contribution in [0.25, 0.3) is 0 Å². The average molecular weight is 164 g/mol. The quantitative estimate of drug-likeness (QED) is 0.453. The molecule has 0 aromatic rings. The molecule has 0 saturated heterocycles. The number of hydrogen-bond donors (Lipinski definition) is 2. The smallest absolute Gasteiger partial charge is 0.316 e. The molecule has 5 heteroatoms. The van der Waals surface area contributed by atoms with Crippen LogP contribution in [0.15, 0.2) is 0 Å². The molecule has 0 saturated carbocycles. The molecule has 0 aromatic heterocycles. The number of carbonyl (C=O) groups is 2. The fourth-order valence-electron chi connectivity index (χ4n) is 0.329. The summed E-state index contributed by atoms with van der Waals surface area (Å²) in [6.07, 6.45) is -0.199. The van der Waals surface area contributed by atoms with Crippen LogP contribution >= 0.6 is 12.6 Å². The van der Waals surface area contributed by atoms with E-state index < -0.39 is 17.2 Å². The molecule has 0 aromatic carbocycles. The minimum atomic E-state index is -1.12. The summed E-state index contributed by atoms with van der Waals surface area (Å²) in [5, 5.41) is 7.28. The Hall–Kier alpha value is -0.710. The van der Waals surface area contributed by atoms with Crippen LogP contribution in [-0.2, 0) is 14.3 Å². The highest BCUT2D eigenvalue weighted by Gasteiger charge is 2.16. The van der Waals surface area contributed by atoms with E-state index in [9.17, 15) is 9.59 Å². The Balaban J connectivity index is 3.68. The second kappa shape index (κ2) is 4.16. The largest absolute Gasteiger partial charge is 0.480 e. The monoisotopic (exact) mass is 164 g/mol. The van der Waals surface area contributed by atoms with Crippen molar-refractivity contribution in [1.29, 1.82) is 0 Å². The lowest BCUT2D eigenvalue weighted by Crippen LogP contribution is -2.18. The maximum absolute atomic E-state index is 10.4. The lowest BCUT2D eigenvalue weighted by Gasteiger charge is -2.01. The van der Waals surface area contributed by atoms with Crippen molar-refractivity contribution in [3.05, 3.63) is 0 Å². The molecule has 0 fully saturated rings. The number of carbonyl (C=O) groups excluding carboxylic acids is 1. The summed E-state index contributed by atoms with van der Waals surface area (Å²) in [6.45, 7) is 0. The van der Waals surface area contributed by atoms with Gasteiger partial charge in [0.15, 0.2) is 0 Å². The van der Waals surface area contributed by atoms with Gasteiger partial charge in [-0.3, -0.25) is 9.59 Å². The topological polar surface area (TPSA) is 63.6 Å². The van der Waals surface area contributed by atoms with Crippen LogP contribution in [-0.4, -0.2) is 29.4 Å². The van der Waals surface area contributed by atoms with Crippen molar-refractivity contribution in [2.75, 3.05) is 7.11 Å². The lowest BCUT2D eigenvalue weighted by molar-refractivity contribution is -0.145. The predicted molar refractivity (Wildman–Crippen MR) is 37.0 cm³/mol. The normalized spacial score (nSPS) is 12.2. The second-order valence-corrected chi connectivity index (χ2v) is 2.26. The molecule has 1 atom stereocenters. The number of hydrogen-bond acceptors (Lipinski definition) is 4. The molecule has 0 bridgehead atoms. The Kier molecular flexibility index (Phi) is 3.87. The van der Waals surface area contributed by atoms with Crippen molar-refractivity contribution in [3.63, 3.8) is 0 Å². The van der Waals surface area contributed by atoms with Crippen LogP contribution in [0.3, 0.4) is 0 Å². The molecule has 0 aliphatic rings. The Bertz CT molecular complexity index is 145. The highest BCUT2D eigenvalue weighted by Crippen LogP contribution is 2.01. The van der Waals surface area contributed by atoms with E-state index in [-0.39, 0.29) is 6.42 Å². The molecule has 4 nitrogen and oxygen atoms in total. The molecule has 1 unspecified atom stereocenters. The number of aliphatic carboxylic acids is 1. The van der Waals surface area contributed by atoms with Gasteiger partial charge in [-0.1, -0.05) is 0 Å². The minimum absolute atomic E-state index is 0.199. The first kappa shape index (κ1) is 9.29. The van der Waals surface area contributed by atoms with Crippen LogP contribution in [0, 0.1) is 0 Å². The number of methoxy groups -OCH3 is 1. The third-order valence-corrected chi connectivity index (χ3v) is 1.28. The van der Waals surface area contributed by atoms with Crippen molar-refractivity contribution in [2.24, 2.45) is 0 Å². The van der Waals surface area contributed by atoms with Gasteiger partial charge in [0.1, 0.15) is 5.25 Å². The van der Waals surface area contributed by atoms with Gasteiger partial charge in [-0.15, -0.1) is 0 Å². The van der Waals surface area contributed by atoms with Crippen LogP contribution in [0.2, 0.25) is 0 Å². The van der Waals surface area contributed by atoms with Gasteiger partial charge in [0.25, 0.3) is 0 Å². The van der Waals surface area contributed by atoms with Crippen LogP contribution in [0.5, 0.6) is 0 Å². The van der Waals surface area contributed by atoms with Crippen molar-refractivity contribution in [2.45, 2.75) is 11.7 Å². The molecule has 0 radical (unpaired) electrons. The SMILES string of the molecule is COC(=O)CC(S)C(=O)O. The van der Waals surface area contributed by atoms with Gasteiger partial charge in [-0.2, -0.15) is 12.6 Å². The Morgan fingerprint density at radius 1 is 1.70 bits per heavy atom. The zero-order valence-electron chi connectivity index (χ0n) is 5.40.